The van der Waals surface area contributed by atoms with Crippen LogP contribution in [0.3, 0.4) is 0 Å². The van der Waals surface area contributed by atoms with Crippen molar-refractivity contribution in [2.24, 2.45) is 0 Å². The van der Waals surface area contributed by atoms with Crippen LogP contribution in [0.4, 0.5) is 0 Å². The largest absolute Gasteiger partial charge is 0.302 e. The van der Waals surface area contributed by atoms with Crippen molar-refractivity contribution in [3.8, 4) is 6.07 Å². The highest BCUT2D eigenvalue weighted by Gasteiger charge is 2.09. The lowest BCUT2D eigenvalue weighted by molar-refractivity contribution is 0.461. The van der Waals surface area contributed by atoms with E-state index in [0.717, 1.165) is 13.0 Å². The zero-order valence-electron chi connectivity index (χ0n) is 4.85. The predicted octanol–water partition coefficient (Wildman–Crippen LogP) is 0.652. The summed E-state index contributed by atoms with van der Waals surface area (Å²) in [5, 5.41) is 11.5. The molecular formula is C6H10N2. The Morgan fingerprint density at radius 1 is 1.50 bits per heavy atom. The fraction of sp³-hybridized carbons (Fsp3) is 0.833. The molecular weight excluding hydrogens is 101 g/mol. The van der Waals surface area contributed by atoms with Gasteiger partial charge in [-0.15, -0.1) is 0 Å². The molecule has 0 amide bonds. The summed E-state index contributed by atoms with van der Waals surface area (Å²) in [7, 11) is 0. The van der Waals surface area contributed by atoms with Gasteiger partial charge in [0.2, 0.25) is 0 Å². The molecule has 8 heavy (non-hydrogen) atoms. The number of hydrogen-bond donors (Lipinski definition) is 1. The van der Waals surface area contributed by atoms with Gasteiger partial charge in [0.15, 0.2) is 0 Å². The molecule has 0 spiro atoms. The van der Waals surface area contributed by atoms with Crippen molar-refractivity contribution in [1.29, 1.82) is 5.26 Å². The smallest absolute Gasteiger partial charge is 0.0953 e. The number of hydrogen-bond acceptors (Lipinski definition) is 2. The normalized spacial score (nSPS) is 29.1. The molecule has 1 fully saturated rings. The molecule has 2 heteroatoms. The lowest BCUT2D eigenvalue weighted by Gasteiger charge is -2.15. The molecule has 2 nitrogen and oxygen atoms in total. The molecule has 0 aromatic rings. The van der Waals surface area contributed by atoms with Crippen LogP contribution in [-0.4, -0.2) is 12.6 Å². The molecule has 0 saturated carbocycles. The topological polar surface area (TPSA) is 35.8 Å². The summed E-state index contributed by atoms with van der Waals surface area (Å²) in [5.41, 5.74) is 0. The standard InChI is InChI=1S/C6H10N2/c7-5-6-3-1-2-4-8-6/h6,8H,1-4H2/i6+1. The highest BCUT2D eigenvalue weighted by Crippen LogP contribution is 2.04. The highest BCUT2D eigenvalue weighted by atomic mass is 15.1. The summed E-state index contributed by atoms with van der Waals surface area (Å²) in [6.45, 7) is 1.03. The summed E-state index contributed by atoms with van der Waals surface area (Å²) in [6, 6.07) is 2.34. The minimum atomic E-state index is 0.142. The number of nitrogens with zero attached hydrogens (tertiary/aromatic N) is 1. The van der Waals surface area contributed by atoms with Gasteiger partial charge < -0.3 is 5.32 Å². The second-order valence-electron chi connectivity index (χ2n) is 2.13. The third-order valence-electron chi connectivity index (χ3n) is 1.47. The van der Waals surface area contributed by atoms with Crippen LogP contribution in [0.5, 0.6) is 0 Å². The maximum absolute atomic E-state index is 8.38. The fourth-order valence-electron chi connectivity index (χ4n) is 0.962. The van der Waals surface area contributed by atoms with Crippen LogP contribution in [-0.2, 0) is 0 Å². The van der Waals surface area contributed by atoms with Crippen molar-refractivity contribution < 1.29 is 0 Å². The number of piperidine rings is 1. The van der Waals surface area contributed by atoms with Gasteiger partial charge in [-0.25, -0.2) is 0 Å². The van der Waals surface area contributed by atoms with E-state index >= 15 is 0 Å². The lowest BCUT2D eigenvalue weighted by Crippen LogP contribution is -2.32. The molecule has 1 N–H and O–H groups in total. The Morgan fingerprint density at radius 3 is 2.75 bits per heavy atom. The molecule has 0 aliphatic carbocycles. The molecule has 44 valence electrons. The molecule has 0 bridgehead atoms. The first-order valence-corrected chi connectivity index (χ1v) is 3.06. The van der Waals surface area contributed by atoms with E-state index in [9.17, 15) is 0 Å². The maximum atomic E-state index is 8.38. The monoisotopic (exact) mass is 111 g/mol. The van der Waals surface area contributed by atoms with Gasteiger partial charge in [-0.05, 0) is 25.8 Å². The summed E-state index contributed by atoms with van der Waals surface area (Å²) >= 11 is 0. The Morgan fingerprint density at radius 2 is 2.38 bits per heavy atom. The van der Waals surface area contributed by atoms with E-state index in [1.54, 1.807) is 0 Å². The summed E-state index contributed by atoms with van der Waals surface area (Å²) in [4.78, 5) is 0. The van der Waals surface area contributed by atoms with Gasteiger partial charge in [-0.1, -0.05) is 0 Å². The summed E-state index contributed by atoms with van der Waals surface area (Å²) in [6.07, 6.45) is 3.49. The third-order valence-corrected chi connectivity index (χ3v) is 1.47. The first-order chi connectivity index (χ1) is 3.93. The van der Waals surface area contributed by atoms with Crippen molar-refractivity contribution in [3.05, 3.63) is 0 Å². The van der Waals surface area contributed by atoms with Crippen LogP contribution >= 0.6 is 0 Å². The predicted molar refractivity (Wildman–Crippen MR) is 31.3 cm³/mol. The average molecular weight is 111 g/mol. The third kappa shape index (κ3) is 1.21. The van der Waals surface area contributed by atoms with Crippen molar-refractivity contribution in [2.75, 3.05) is 6.54 Å². The highest BCUT2D eigenvalue weighted by molar-refractivity contribution is 4.91. The Hall–Kier alpha value is -0.550. The SMILES string of the molecule is N#C[13CH]1CCCCN1. The van der Waals surface area contributed by atoms with Crippen molar-refractivity contribution >= 4 is 0 Å². The second-order valence-corrected chi connectivity index (χ2v) is 2.13. The first kappa shape index (κ1) is 5.58. The van der Waals surface area contributed by atoms with Crippen LogP contribution in [0.2, 0.25) is 0 Å². The van der Waals surface area contributed by atoms with Crippen molar-refractivity contribution in [1.82, 2.24) is 5.32 Å². The van der Waals surface area contributed by atoms with E-state index in [1.807, 2.05) is 0 Å². The molecule has 0 aromatic carbocycles. The molecule has 0 aromatic heterocycles. The van der Waals surface area contributed by atoms with Crippen LogP contribution in [0, 0.1) is 11.3 Å². The number of nitrogens with one attached hydrogen (secondary N) is 1. The molecule has 1 atom stereocenters. The van der Waals surface area contributed by atoms with Crippen molar-refractivity contribution in [3.63, 3.8) is 0 Å². The fourth-order valence-corrected chi connectivity index (χ4v) is 0.962. The number of rotatable bonds is 0. The van der Waals surface area contributed by atoms with E-state index in [0.29, 0.717) is 0 Å². The Kier molecular flexibility index (Phi) is 1.87. The Bertz CT molecular complexity index is 97.6. The van der Waals surface area contributed by atoms with Gasteiger partial charge in [0.25, 0.3) is 0 Å². The average Bonchev–Trinajstić information content (AvgIpc) is 1.90. The van der Waals surface area contributed by atoms with Crippen LogP contribution in [0.15, 0.2) is 0 Å². The van der Waals surface area contributed by atoms with E-state index in [1.165, 1.54) is 12.8 Å². The van der Waals surface area contributed by atoms with Crippen LogP contribution in [0.25, 0.3) is 0 Å². The van der Waals surface area contributed by atoms with Crippen LogP contribution in [0.1, 0.15) is 19.3 Å². The molecule has 1 unspecified atom stereocenters. The van der Waals surface area contributed by atoms with Gasteiger partial charge in [0, 0.05) is 0 Å². The Balaban J connectivity index is 2.25. The van der Waals surface area contributed by atoms with Gasteiger partial charge in [-0.2, -0.15) is 5.26 Å². The first-order valence-electron chi connectivity index (χ1n) is 3.06. The van der Waals surface area contributed by atoms with Gasteiger partial charge in [0.05, 0.1) is 12.1 Å². The summed E-state index contributed by atoms with van der Waals surface area (Å²) < 4.78 is 0. The van der Waals surface area contributed by atoms with Gasteiger partial charge in [-0.3, -0.25) is 0 Å². The molecule has 1 heterocycles. The molecule has 1 aliphatic rings. The Labute approximate surface area is 49.5 Å². The van der Waals surface area contributed by atoms with Gasteiger partial charge >= 0.3 is 0 Å². The lowest BCUT2D eigenvalue weighted by atomic mass is 10.2. The zero-order chi connectivity index (χ0) is 5.82. The number of nitriles is 1. The maximum Gasteiger partial charge on any atom is 0.0953 e. The van der Waals surface area contributed by atoms with E-state index in [2.05, 4.69) is 11.4 Å². The van der Waals surface area contributed by atoms with E-state index < -0.39 is 0 Å². The molecule has 1 aliphatic heterocycles. The zero-order valence-corrected chi connectivity index (χ0v) is 4.85. The molecule has 1 saturated heterocycles. The van der Waals surface area contributed by atoms with Crippen molar-refractivity contribution in [2.45, 2.75) is 25.3 Å². The van der Waals surface area contributed by atoms with Crippen LogP contribution < -0.4 is 5.32 Å². The minimum absolute atomic E-state index is 0.142. The molecule has 0 radical (unpaired) electrons. The summed E-state index contributed by atoms with van der Waals surface area (Å²) in [5.74, 6) is 0. The minimum Gasteiger partial charge on any atom is -0.302 e. The van der Waals surface area contributed by atoms with E-state index in [-0.39, 0.29) is 6.04 Å². The quantitative estimate of drug-likeness (QED) is 0.466. The second kappa shape index (κ2) is 2.68. The van der Waals surface area contributed by atoms with Gasteiger partial charge in [0.1, 0.15) is 0 Å². The van der Waals surface area contributed by atoms with E-state index in [4.69, 9.17) is 5.26 Å². The molecule has 1 rings (SSSR count).